The zero-order valence-corrected chi connectivity index (χ0v) is 15.5. The highest BCUT2D eigenvalue weighted by molar-refractivity contribution is 4.78. The van der Waals surface area contributed by atoms with Crippen LogP contribution in [0.3, 0.4) is 0 Å². The van der Waals surface area contributed by atoms with Crippen molar-refractivity contribution in [2.24, 2.45) is 17.3 Å². The standard InChI is InChI=1S/C20H40O2/c1-5-7-18(21)8-6-14-20(3,4)15-13-19(22)17-11-9-16(2)10-12-17/h16-19,21-22H,5-15H2,1-4H3/t16?,17?,18-,19?/m1/s1. The van der Waals surface area contributed by atoms with Gasteiger partial charge in [0, 0.05) is 0 Å². The Bertz CT molecular complexity index is 279. The van der Waals surface area contributed by atoms with E-state index in [2.05, 4.69) is 27.7 Å². The molecular weight excluding hydrogens is 272 g/mol. The van der Waals surface area contributed by atoms with Crippen LogP contribution in [0.5, 0.6) is 0 Å². The van der Waals surface area contributed by atoms with Gasteiger partial charge in [-0.2, -0.15) is 0 Å². The van der Waals surface area contributed by atoms with Gasteiger partial charge >= 0.3 is 0 Å². The second-order valence-corrected chi connectivity index (χ2v) is 8.62. The van der Waals surface area contributed by atoms with Crippen molar-refractivity contribution >= 4 is 0 Å². The van der Waals surface area contributed by atoms with Gasteiger partial charge in [0.25, 0.3) is 0 Å². The Kier molecular flexibility index (Phi) is 9.01. The molecule has 0 aliphatic heterocycles. The van der Waals surface area contributed by atoms with Crippen molar-refractivity contribution in [3.63, 3.8) is 0 Å². The number of aliphatic hydroxyl groups excluding tert-OH is 2. The summed E-state index contributed by atoms with van der Waals surface area (Å²) in [4.78, 5) is 0. The normalized spacial score (nSPS) is 25.9. The third kappa shape index (κ3) is 7.97. The van der Waals surface area contributed by atoms with Crippen molar-refractivity contribution in [2.45, 2.75) is 111 Å². The highest BCUT2D eigenvalue weighted by Crippen LogP contribution is 2.35. The van der Waals surface area contributed by atoms with Gasteiger partial charge in [0.2, 0.25) is 0 Å². The van der Waals surface area contributed by atoms with E-state index in [1.807, 2.05) is 0 Å². The van der Waals surface area contributed by atoms with Crippen molar-refractivity contribution in [1.82, 2.24) is 0 Å². The summed E-state index contributed by atoms with van der Waals surface area (Å²) in [7, 11) is 0. The molecule has 0 amide bonds. The first kappa shape index (κ1) is 20.0. The van der Waals surface area contributed by atoms with E-state index in [1.54, 1.807) is 0 Å². The molecule has 1 rings (SSSR count). The Morgan fingerprint density at radius 3 is 2.18 bits per heavy atom. The highest BCUT2D eigenvalue weighted by Gasteiger charge is 2.26. The topological polar surface area (TPSA) is 40.5 Å². The number of rotatable bonds is 10. The van der Waals surface area contributed by atoms with Gasteiger partial charge in [-0.15, -0.1) is 0 Å². The van der Waals surface area contributed by atoms with Gasteiger partial charge in [-0.25, -0.2) is 0 Å². The number of aliphatic hydroxyl groups is 2. The molecule has 0 radical (unpaired) electrons. The third-order valence-electron chi connectivity index (χ3n) is 5.73. The fraction of sp³-hybridized carbons (Fsp3) is 1.00. The summed E-state index contributed by atoms with van der Waals surface area (Å²) in [5.74, 6) is 1.40. The van der Waals surface area contributed by atoms with Gasteiger partial charge in [-0.1, -0.05) is 53.4 Å². The first-order valence-corrected chi connectivity index (χ1v) is 9.70. The fourth-order valence-electron chi connectivity index (χ4n) is 3.86. The van der Waals surface area contributed by atoms with E-state index >= 15 is 0 Å². The molecule has 2 heteroatoms. The van der Waals surface area contributed by atoms with E-state index in [0.717, 1.165) is 50.9 Å². The van der Waals surface area contributed by atoms with Gasteiger partial charge in [0.15, 0.2) is 0 Å². The van der Waals surface area contributed by atoms with E-state index < -0.39 is 0 Å². The zero-order valence-electron chi connectivity index (χ0n) is 15.5. The molecule has 0 aromatic rings. The van der Waals surface area contributed by atoms with Gasteiger partial charge in [-0.05, 0) is 62.2 Å². The minimum Gasteiger partial charge on any atom is -0.393 e. The summed E-state index contributed by atoms with van der Waals surface area (Å²) in [6, 6.07) is 0. The molecule has 2 N–H and O–H groups in total. The van der Waals surface area contributed by atoms with Crippen molar-refractivity contribution in [2.75, 3.05) is 0 Å². The minimum absolute atomic E-state index is 0.0996. The molecule has 2 nitrogen and oxygen atoms in total. The Morgan fingerprint density at radius 1 is 0.955 bits per heavy atom. The third-order valence-corrected chi connectivity index (χ3v) is 5.73. The van der Waals surface area contributed by atoms with E-state index in [9.17, 15) is 10.2 Å². The maximum atomic E-state index is 10.5. The second-order valence-electron chi connectivity index (χ2n) is 8.62. The lowest BCUT2D eigenvalue weighted by Gasteiger charge is -2.32. The summed E-state index contributed by atoms with van der Waals surface area (Å²) >= 11 is 0. The van der Waals surface area contributed by atoms with E-state index in [1.165, 1.54) is 25.7 Å². The maximum absolute atomic E-state index is 10.5. The molecular formula is C20H40O2. The van der Waals surface area contributed by atoms with Gasteiger partial charge in [0.05, 0.1) is 12.2 Å². The molecule has 1 aliphatic carbocycles. The van der Waals surface area contributed by atoms with Crippen LogP contribution in [0.15, 0.2) is 0 Å². The summed E-state index contributed by atoms with van der Waals surface area (Å²) in [6.07, 6.45) is 12.0. The van der Waals surface area contributed by atoms with E-state index in [4.69, 9.17) is 0 Å². The Labute approximate surface area is 138 Å². The van der Waals surface area contributed by atoms with E-state index in [-0.39, 0.29) is 17.6 Å². The molecule has 0 heterocycles. The molecule has 0 spiro atoms. The highest BCUT2D eigenvalue weighted by atomic mass is 16.3. The molecule has 1 saturated carbocycles. The smallest absolute Gasteiger partial charge is 0.0568 e. The van der Waals surface area contributed by atoms with Crippen LogP contribution in [0.4, 0.5) is 0 Å². The van der Waals surface area contributed by atoms with Crippen molar-refractivity contribution in [3.8, 4) is 0 Å². The average Bonchev–Trinajstić information content (AvgIpc) is 2.46. The molecule has 1 unspecified atom stereocenters. The molecule has 1 aliphatic rings. The zero-order chi connectivity index (χ0) is 16.6. The van der Waals surface area contributed by atoms with Crippen LogP contribution in [0.25, 0.3) is 0 Å². The first-order chi connectivity index (χ1) is 10.3. The van der Waals surface area contributed by atoms with Crippen LogP contribution in [-0.2, 0) is 0 Å². The first-order valence-electron chi connectivity index (χ1n) is 9.70. The molecule has 0 saturated heterocycles. The van der Waals surface area contributed by atoms with Gasteiger partial charge in [0.1, 0.15) is 0 Å². The summed E-state index contributed by atoms with van der Waals surface area (Å²) < 4.78 is 0. The monoisotopic (exact) mass is 312 g/mol. The van der Waals surface area contributed by atoms with Crippen LogP contribution in [0, 0.1) is 17.3 Å². The Morgan fingerprint density at radius 2 is 1.59 bits per heavy atom. The molecule has 2 atom stereocenters. The van der Waals surface area contributed by atoms with E-state index in [0.29, 0.717) is 5.92 Å². The number of hydrogen-bond donors (Lipinski definition) is 2. The lowest BCUT2D eigenvalue weighted by molar-refractivity contribution is 0.0559. The fourth-order valence-corrected chi connectivity index (χ4v) is 3.86. The molecule has 0 aromatic carbocycles. The minimum atomic E-state index is -0.115. The predicted molar refractivity (Wildman–Crippen MR) is 94.9 cm³/mol. The van der Waals surface area contributed by atoms with Crippen LogP contribution in [0.2, 0.25) is 0 Å². The van der Waals surface area contributed by atoms with Gasteiger partial charge in [-0.3, -0.25) is 0 Å². The lowest BCUT2D eigenvalue weighted by Crippen LogP contribution is -2.27. The van der Waals surface area contributed by atoms with Crippen LogP contribution in [0.1, 0.15) is 98.3 Å². The predicted octanol–water partition coefficient (Wildman–Crippen LogP) is 5.31. The molecule has 0 bridgehead atoms. The molecule has 22 heavy (non-hydrogen) atoms. The molecule has 132 valence electrons. The van der Waals surface area contributed by atoms with Crippen LogP contribution < -0.4 is 0 Å². The summed E-state index contributed by atoms with van der Waals surface area (Å²) in [5.41, 5.74) is 0.287. The Hall–Kier alpha value is -0.0800. The van der Waals surface area contributed by atoms with Crippen LogP contribution in [-0.4, -0.2) is 22.4 Å². The Balaban J connectivity index is 2.20. The maximum Gasteiger partial charge on any atom is 0.0568 e. The quantitative estimate of drug-likeness (QED) is 0.574. The molecule has 0 aromatic heterocycles. The summed E-state index contributed by atoms with van der Waals surface area (Å²) in [6.45, 7) is 9.09. The average molecular weight is 313 g/mol. The van der Waals surface area contributed by atoms with Crippen molar-refractivity contribution in [3.05, 3.63) is 0 Å². The SMILES string of the molecule is CCC[C@@H](O)CCCC(C)(C)CCC(O)C1CCC(C)CC1. The van der Waals surface area contributed by atoms with Crippen molar-refractivity contribution in [1.29, 1.82) is 0 Å². The number of hydrogen-bond acceptors (Lipinski definition) is 2. The van der Waals surface area contributed by atoms with Crippen molar-refractivity contribution < 1.29 is 10.2 Å². The largest absolute Gasteiger partial charge is 0.393 e. The van der Waals surface area contributed by atoms with Gasteiger partial charge < -0.3 is 10.2 Å². The molecule has 1 fully saturated rings. The lowest BCUT2D eigenvalue weighted by atomic mass is 9.76. The second kappa shape index (κ2) is 9.93. The van der Waals surface area contributed by atoms with Crippen LogP contribution >= 0.6 is 0 Å². The summed E-state index contributed by atoms with van der Waals surface area (Å²) in [5, 5.41) is 20.3.